The van der Waals surface area contributed by atoms with Gasteiger partial charge in [0.2, 0.25) is 0 Å². The van der Waals surface area contributed by atoms with E-state index < -0.39 is 0 Å². The molecule has 0 bridgehead atoms. The number of pyridine rings is 1. The molecule has 6 heteroatoms. The zero-order chi connectivity index (χ0) is 18.4. The van der Waals surface area contributed by atoms with E-state index in [1.165, 1.54) is 0 Å². The zero-order valence-electron chi connectivity index (χ0n) is 14.2. The molecule has 0 fully saturated rings. The monoisotopic (exact) mass is 367 g/mol. The Morgan fingerprint density at radius 2 is 1.85 bits per heavy atom. The van der Waals surface area contributed by atoms with Gasteiger partial charge in [-0.3, -0.25) is 4.79 Å². The number of halogens is 1. The van der Waals surface area contributed by atoms with Crippen LogP contribution in [-0.4, -0.2) is 18.0 Å². The second-order valence-electron chi connectivity index (χ2n) is 5.53. The normalized spacial score (nSPS) is 10.2. The molecule has 0 saturated carbocycles. The summed E-state index contributed by atoms with van der Waals surface area (Å²) in [6, 6.07) is 18.4. The minimum Gasteiger partial charge on any atom is -0.496 e. The summed E-state index contributed by atoms with van der Waals surface area (Å²) in [5.41, 5.74) is 2.77. The molecule has 0 aliphatic heterocycles. The van der Waals surface area contributed by atoms with Crippen LogP contribution < -0.4 is 15.4 Å². The number of anilines is 2. The fraction of sp³-hybridized carbons (Fsp3) is 0.100. The summed E-state index contributed by atoms with van der Waals surface area (Å²) in [6.07, 6.45) is 1.60. The maximum absolute atomic E-state index is 12.3. The van der Waals surface area contributed by atoms with E-state index in [9.17, 15) is 4.79 Å². The number of benzene rings is 2. The molecule has 2 N–H and O–H groups in total. The number of hydrogen-bond acceptors (Lipinski definition) is 4. The van der Waals surface area contributed by atoms with Gasteiger partial charge in [0.05, 0.1) is 29.7 Å². The second kappa shape index (κ2) is 8.36. The first-order chi connectivity index (χ1) is 12.7. The molecule has 0 spiro atoms. The number of rotatable bonds is 6. The summed E-state index contributed by atoms with van der Waals surface area (Å²) in [5, 5.41) is 6.63. The fourth-order valence-electron chi connectivity index (χ4n) is 2.44. The Hall–Kier alpha value is -3.05. The molecule has 3 rings (SSSR count). The number of methoxy groups -OCH3 is 1. The first-order valence-electron chi connectivity index (χ1n) is 8.05. The third kappa shape index (κ3) is 4.32. The Morgan fingerprint density at radius 1 is 1.08 bits per heavy atom. The minimum atomic E-state index is -0.250. The van der Waals surface area contributed by atoms with Gasteiger partial charge in [-0.15, -0.1) is 0 Å². The molecular formula is C20H18ClN3O2. The molecule has 0 unspecified atom stereocenters. The third-order valence-corrected chi connectivity index (χ3v) is 4.11. The minimum absolute atomic E-state index is 0.250. The third-order valence-electron chi connectivity index (χ3n) is 3.78. The van der Waals surface area contributed by atoms with Crippen LogP contribution in [0.15, 0.2) is 66.9 Å². The molecule has 1 amide bonds. The molecule has 2 aromatic carbocycles. The van der Waals surface area contributed by atoms with Crippen molar-refractivity contribution in [1.82, 2.24) is 10.3 Å². The second-order valence-corrected chi connectivity index (χ2v) is 5.94. The van der Waals surface area contributed by atoms with Crippen molar-refractivity contribution in [1.29, 1.82) is 0 Å². The van der Waals surface area contributed by atoms with E-state index in [0.29, 0.717) is 17.3 Å². The van der Waals surface area contributed by atoms with Crippen LogP contribution in [0.25, 0.3) is 0 Å². The van der Waals surface area contributed by atoms with Crippen molar-refractivity contribution >= 4 is 28.9 Å². The van der Waals surface area contributed by atoms with Crippen LogP contribution in [-0.2, 0) is 6.54 Å². The van der Waals surface area contributed by atoms with Gasteiger partial charge in [-0.05, 0) is 30.3 Å². The van der Waals surface area contributed by atoms with Gasteiger partial charge in [0, 0.05) is 12.1 Å². The van der Waals surface area contributed by atoms with Crippen LogP contribution in [0.1, 0.15) is 16.1 Å². The molecule has 3 aromatic rings. The number of para-hydroxylation sites is 2. The summed E-state index contributed by atoms with van der Waals surface area (Å²) < 4.78 is 5.28. The molecule has 5 nitrogen and oxygen atoms in total. The number of carbonyl (C=O) groups excluding carboxylic acids is 1. The highest BCUT2D eigenvalue weighted by atomic mass is 35.5. The van der Waals surface area contributed by atoms with Gasteiger partial charge in [-0.25, -0.2) is 4.98 Å². The highest BCUT2D eigenvalue weighted by Crippen LogP contribution is 2.24. The van der Waals surface area contributed by atoms with Gasteiger partial charge in [-0.2, -0.15) is 0 Å². The van der Waals surface area contributed by atoms with Crippen molar-refractivity contribution < 1.29 is 9.53 Å². The van der Waals surface area contributed by atoms with E-state index >= 15 is 0 Å². The van der Waals surface area contributed by atoms with Gasteiger partial charge in [0.25, 0.3) is 5.91 Å². The Balaban J connectivity index is 1.63. The van der Waals surface area contributed by atoms with E-state index in [1.807, 2.05) is 42.5 Å². The summed E-state index contributed by atoms with van der Waals surface area (Å²) in [6.45, 7) is 0.365. The van der Waals surface area contributed by atoms with E-state index in [-0.39, 0.29) is 5.91 Å². The van der Waals surface area contributed by atoms with Crippen LogP contribution in [0.3, 0.4) is 0 Å². The molecule has 0 atom stereocenters. The number of carbonyl (C=O) groups is 1. The van der Waals surface area contributed by atoms with Crippen molar-refractivity contribution in [2.24, 2.45) is 0 Å². The van der Waals surface area contributed by atoms with Crippen LogP contribution >= 0.6 is 11.6 Å². The Morgan fingerprint density at radius 3 is 2.58 bits per heavy atom. The predicted molar refractivity (Wildman–Crippen MR) is 103 cm³/mol. The van der Waals surface area contributed by atoms with E-state index in [2.05, 4.69) is 15.6 Å². The smallest absolute Gasteiger partial charge is 0.270 e. The standard InChI is InChI=1S/C20H18ClN3O2/c1-26-19-9-5-2-6-14(19)12-23-20(25)18-11-10-15(13-22-18)24-17-8-4-3-7-16(17)21/h2-11,13,24H,12H2,1H3,(H,23,25). The van der Waals surface area contributed by atoms with Crippen molar-refractivity contribution in [3.05, 3.63) is 83.1 Å². The summed E-state index contributed by atoms with van der Waals surface area (Å²) in [4.78, 5) is 16.5. The van der Waals surface area contributed by atoms with Crippen molar-refractivity contribution in [2.45, 2.75) is 6.54 Å². The SMILES string of the molecule is COc1ccccc1CNC(=O)c1ccc(Nc2ccccc2Cl)cn1. The largest absolute Gasteiger partial charge is 0.496 e. The molecule has 26 heavy (non-hydrogen) atoms. The Labute approximate surface area is 157 Å². The Bertz CT molecular complexity index is 898. The Kier molecular flexibility index (Phi) is 5.71. The van der Waals surface area contributed by atoms with Crippen LogP contribution in [0.2, 0.25) is 5.02 Å². The molecule has 1 heterocycles. The number of ether oxygens (including phenoxy) is 1. The number of nitrogens with zero attached hydrogens (tertiary/aromatic N) is 1. The highest BCUT2D eigenvalue weighted by Gasteiger charge is 2.09. The van der Waals surface area contributed by atoms with Gasteiger partial charge in [0.1, 0.15) is 11.4 Å². The summed E-state index contributed by atoms with van der Waals surface area (Å²) in [5.74, 6) is 0.486. The highest BCUT2D eigenvalue weighted by molar-refractivity contribution is 6.33. The lowest BCUT2D eigenvalue weighted by Crippen LogP contribution is -2.24. The van der Waals surface area contributed by atoms with Crippen molar-refractivity contribution in [3.63, 3.8) is 0 Å². The topological polar surface area (TPSA) is 63.2 Å². The van der Waals surface area contributed by atoms with E-state index in [0.717, 1.165) is 22.7 Å². The molecule has 0 aliphatic rings. The number of hydrogen-bond donors (Lipinski definition) is 2. The lowest BCUT2D eigenvalue weighted by atomic mass is 10.2. The molecule has 0 radical (unpaired) electrons. The quantitative estimate of drug-likeness (QED) is 0.677. The van der Waals surface area contributed by atoms with Crippen LogP contribution in [0, 0.1) is 0 Å². The number of aromatic nitrogens is 1. The first-order valence-corrected chi connectivity index (χ1v) is 8.43. The number of amides is 1. The van der Waals surface area contributed by atoms with Crippen LogP contribution in [0.4, 0.5) is 11.4 Å². The maximum atomic E-state index is 12.3. The summed E-state index contributed by atoms with van der Waals surface area (Å²) >= 11 is 6.12. The maximum Gasteiger partial charge on any atom is 0.270 e. The van der Waals surface area contributed by atoms with E-state index in [1.54, 1.807) is 31.5 Å². The molecule has 132 valence electrons. The first kappa shape index (κ1) is 17.8. The fourth-order valence-corrected chi connectivity index (χ4v) is 2.62. The number of nitrogens with one attached hydrogen (secondary N) is 2. The average Bonchev–Trinajstić information content (AvgIpc) is 2.68. The van der Waals surface area contributed by atoms with Gasteiger partial charge < -0.3 is 15.4 Å². The lowest BCUT2D eigenvalue weighted by molar-refractivity contribution is 0.0946. The van der Waals surface area contributed by atoms with Gasteiger partial charge in [-0.1, -0.05) is 41.9 Å². The zero-order valence-corrected chi connectivity index (χ0v) is 15.0. The summed E-state index contributed by atoms with van der Waals surface area (Å²) in [7, 11) is 1.60. The molecular weight excluding hydrogens is 350 g/mol. The van der Waals surface area contributed by atoms with E-state index in [4.69, 9.17) is 16.3 Å². The predicted octanol–water partition coefficient (Wildman–Crippen LogP) is 4.42. The lowest BCUT2D eigenvalue weighted by Gasteiger charge is -2.10. The molecule has 0 aliphatic carbocycles. The molecule has 1 aromatic heterocycles. The van der Waals surface area contributed by atoms with Crippen molar-refractivity contribution in [3.8, 4) is 5.75 Å². The molecule has 0 saturated heterocycles. The van der Waals surface area contributed by atoms with Gasteiger partial charge >= 0.3 is 0 Å². The van der Waals surface area contributed by atoms with Crippen LogP contribution in [0.5, 0.6) is 5.75 Å². The average molecular weight is 368 g/mol. The van der Waals surface area contributed by atoms with Gasteiger partial charge in [0.15, 0.2) is 0 Å². The van der Waals surface area contributed by atoms with Crippen molar-refractivity contribution in [2.75, 3.05) is 12.4 Å².